The normalized spacial score (nSPS) is 14.1. The van der Waals surface area contributed by atoms with Crippen molar-refractivity contribution in [1.82, 2.24) is 0 Å². The van der Waals surface area contributed by atoms with Crippen molar-refractivity contribution in [2.45, 2.75) is 26.0 Å². The minimum absolute atomic E-state index is 0.104. The molecular formula is C17H21NO. The zero-order valence-electron chi connectivity index (χ0n) is 11.5. The van der Waals surface area contributed by atoms with Crippen molar-refractivity contribution in [1.29, 1.82) is 0 Å². The van der Waals surface area contributed by atoms with Gasteiger partial charge in [0.15, 0.2) is 0 Å². The third-order valence-electron chi connectivity index (χ3n) is 3.35. The first-order valence-electron chi connectivity index (χ1n) is 6.71. The molecule has 0 saturated carbocycles. The second kappa shape index (κ2) is 6.50. The minimum atomic E-state index is -0.149. The van der Waals surface area contributed by atoms with Crippen LogP contribution < -0.4 is 5.73 Å². The van der Waals surface area contributed by atoms with Crippen LogP contribution in [-0.2, 0) is 4.74 Å². The Hall–Kier alpha value is -1.64. The Morgan fingerprint density at radius 2 is 1.63 bits per heavy atom. The highest BCUT2D eigenvalue weighted by molar-refractivity contribution is 5.32. The van der Waals surface area contributed by atoms with Crippen molar-refractivity contribution in [3.05, 3.63) is 71.3 Å². The Morgan fingerprint density at radius 3 is 2.26 bits per heavy atom. The van der Waals surface area contributed by atoms with E-state index in [-0.39, 0.29) is 12.1 Å². The van der Waals surface area contributed by atoms with E-state index in [1.165, 1.54) is 5.56 Å². The quantitative estimate of drug-likeness (QED) is 0.882. The van der Waals surface area contributed by atoms with E-state index < -0.39 is 0 Å². The van der Waals surface area contributed by atoms with E-state index in [1.807, 2.05) is 37.3 Å². The molecule has 2 rings (SSSR count). The molecule has 2 atom stereocenters. The average molecular weight is 255 g/mol. The Bertz CT molecular complexity index is 510. The van der Waals surface area contributed by atoms with Gasteiger partial charge in [0.05, 0.1) is 6.04 Å². The molecule has 0 saturated heterocycles. The maximum Gasteiger partial charge on any atom is 0.102 e. The van der Waals surface area contributed by atoms with Crippen molar-refractivity contribution < 1.29 is 4.74 Å². The van der Waals surface area contributed by atoms with E-state index >= 15 is 0 Å². The number of nitrogens with two attached hydrogens (primary N) is 1. The lowest BCUT2D eigenvalue weighted by molar-refractivity contribution is 0.0428. The van der Waals surface area contributed by atoms with Crippen LogP contribution in [0, 0.1) is 6.92 Å². The van der Waals surface area contributed by atoms with E-state index in [4.69, 9.17) is 10.5 Å². The highest BCUT2D eigenvalue weighted by Gasteiger charge is 2.22. The molecule has 0 aliphatic carbocycles. The standard InChI is InChI=1S/C17H21NO/c1-3-19-17(14-10-5-4-6-11-14)16(18)15-12-8-7-9-13(15)2/h4-12,16-17H,3,18H2,1-2H3. The van der Waals surface area contributed by atoms with Crippen molar-refractivity contribution >= 4 is 0 Å². The summed E-state index contributed by atoms with van der Waals surface area (Å²) in [7, 11) is 0. The second-order valence-electron chi connectivity index (χ2n) is 4.67. The van der Waals surface area contributed by atoms with E-state index in [2.05, 4.69) is 31.2 Å². The zero-order valence-corrected chi connectivity index (χ0v) is 11.5. The molecule has 0 heterocycles. The number of hydrogen-bond acceptors (Lipinski definition) is 2. The lowest BCUT2D eigenvalue weighted by atomic mass is 9.93. The van der Waals surface area contributed by atoms with Crippen LogP contribution in [0.4, 0.5) is 0 Å². The van der Waals surface area contributed by atoms with Gasteiger partial charge in [-0.1, -0.05) is 54.6 Å². The van der Waals surface area contributed by atoms with Crippen LogP contribution in [0.25, 0.3) is 0 Å². The van der Waals surface area contributed by atoms with Gasteiger partial charge in [-0.05, 0) is 30.5 Å². The first-order valence-corrected chi connectivity index (χ1v) is 6.71. The molecule has 2 aromatic carbocycles. The fourth-order valence-electron chi connectivity index (χ4n) is 2.35. The summed E-state index contributed by atoms with van der Waals surface area (Å²) in [5, 5.41) is 0. The zero-order chi connectivity index (χ0) is 13.7. The molecule has 0 aromatic heterocycles. The molecule has 0 aliphatic rings. The summed E-state index contributed by atoms with van der Waals surface area (Å²) < 4.78 is 5.87. The van der Waals surface area contributed by atoms with Gasteiger partial charge in [0.25, 0.3) is 0 Å². The molecule has 2 N–H and O–H groups in total. The molecule has 2 nitrogen and oxygen atoms in total. The monoisotopic (exact) mass is 255 g/mol. The summed E-state index contributed by atoms with van der Waals surface area (Å²) in [6.45, 7) is 4.74. The molecule has 0 amide bonds. The van der Waals surface area contributed by atoms with Gasteiger partial charge >= 0.3 is 0 Å². The van der Waals surface area contributed by atoms with Crippen LogP contribution in [-0.4, -0.2) is 6.61 Å². The summed E-state index contributed by atoms with van der Waals surface area (Å²) in [5.74, 6) is 0. The SMILES string of the molecule is CCOC(c1ccccc1)C(N)c1ccccc1C. The lowest BCUT2D eigenvalue weighted by Gasteiger charge is -2.25. The predicted octanol–water partition coefficient (Wildman–Crippen LogP) is 3.77. The van der Waals surface area contributed by atoms with E-state index in [1.54, 1.807) is 0 Å². The summed E-state index contributed by atoms with van der Waals surface area (Å²) in [6, 6.07) is 18.3. The van der Waals surface area contributed by atoms with Crippen molar-refractivity contribution in [3.63, 3.8) is 0 Å². The van der Waals surface area contributed by atoms with Gasteiger partial charge < -0.3 is 10.5 Å². The van der Waals surface area contributed by atoms with Gasteiger partial charge in [0, 0.05) is 6.61 Å². The molecule has 0 spiro atoms. The molecule has 2 unspecified atom stereocenters. The number of aryl methyl sites for hydroxylation is 1. The van der Waals surface area contributed by atoms with E-state index in [0.717, 1.165) is 11.1 Å². The smallest absolute Gasteiger partial charge is 0.102 e. The summed E-state index contributed by atoms with van der Waals surface area (Å²) in [5.41, 5.74) is 9.91. The van der Waals surface area contributed by atoms with Gasteiger partial charge in [-0.25, -0.2) is 0 Å². The number of benzene rings is 2. The van der Waals surface area contributed by atoms with Crippen LogP contribution in [0.15, 0.2) is 54.6 Å². The summed E-state index contributed by atoms with van der Waals surface area (Å²) in [6.07, 6.45) is -0.104. The lowest BCUT2D eigenvalue weighted by Crippen LogP contribution is -2.23. The molecule has 0 aliphatic heterocycles. The molecule has 19 heavy (non-hydrogen) atoms. The van der Waals surface area contributed by atoms with Crippen molar-refractivity contribution in [3.8, 4) is 0 Å². The summed E-state index contributed by atoms with van der Waals surface area (Å²) >= 11 is 0. The summed E-state index contributed by atoms with van der Waals surface area (Å²) in [4.78, 5) is 0. The molecule has 100 valence electrons. The van der Waals surface area contributed by atoms with Gasteiger partial charge in [0.2, 0.25) is 0 Å². The maximum atomic E-state index is 6.43. The van der Waals surface area contributed by atoms with Crippen LogP contribution in [0.1, 0.15) is 35.8 Å². The number of ether oxygens (including phenoxy) is 1. The largest absolute Gasteiger partial charge is 0.372 e. The number of hydrogen-bond donors (Lipinski definition) is 1. The molecular weight excluding hydrogens is 234 g/mol. The highest BCUT2D eigenvalue weighted by Crippen LogP contribution is 2.31. The molecule has 2 aromatic rings. The Morgan fingerprint density at radius 1 is 1.00 bits per heavy atom. The van der Waals surface area contributed by atoms with Crippen LogP contribution in [0.5, 0.6) is 0 Å². The Balaban J connectivity index is 2.32. The fourth-order valence-corrected chi connectivity index (χ4v) is 2.35. The predicted molar refractivity (Wildman–Crippen MR) is 78.9 cm³/mol. The fraction of sp³-hybridized carbons (Fsp3) is 0.294. The van der Waals surface area contributed by atoms with Crippen LogP contribution in [0.2, 0.25) is 0 Å². The highest BCUT2D eigenvalue weighted by atomic mass is 16.5. The van der Waals surface area contributed by atoms with Gasteiger partial charge in [-0.15, -0.1) is 0 Å². The van der Waals surface area contributed by atoms with E-state index in [9.17, 15) is 0 Å². The van der Waals surface area contributed by atoms with Gasteiger partial charge in [-0.2, -0.15) is 0 Å². The topological polar surface area (TPSA) is 35.2 Å². The Kier molecular flexibility index (Phi) is 4.72. The molecule has 0 radical (unpaired) electrons. The van der Waals surface area contributed by atoms with Crippen LogP contribution >= 0.6 is 0 Å². The third-order valence-corrected chi connectivity index (χ3v) is 3.35. The van der Waals surface area contributed by atoms with Crippen molar-refractivity contribution in [2.75, 3.05) is 6.61 Å². The van der Waals surface area contributed by atoms with Crippen molar-refractivity contribution in [2.24, 2.45) is 5.73 Å². The third kappa shape index (κ3) is 3.22. The first kappa shape index (κ1) is 13.8. The minimum Gasteiger partial charge on any atom is -0.372 e. The molecule has 0 fully saturated rings. The molecule has 0 bridgehead atoms. The maximum absolute atomic E-state index is 6.43. The van der Waals surface area contributed by atoms with Crippen LogP contribution in [0.3, 0.4) is 0 Å². The molecule has 2 heteroatoms. The van der Waals surface area contributed by atoms with Gasteiger partial charge in [-0.3, -0.25) is 0 Å². The first-order chi connectivity index (χ1) is 9.24. The van der Waals surface area contributed by atoms with Gasteiger partial charge in [0.1, 0.15) is 6.10 Å². The van der Waals surface area contributed by atoms with E-state index in [0.29, 0.717) is 6.61 Å². The second-order valence-corrected chi connectivity index (χ2v) is 4.67. The Labute approximate surface area is 115 Å². The average Bonchev–Trinajstić information content (AvgIpc) is 2.45. The number of rotatable bonds is 5.